The number of carbonyl (C=O) groups is 2. The molecule has 4 rings (SSSR count). The Hall–Kier alpha value is -4.01. The molecule has 176 valence electrons. The number of benzene rings is 3. The number of rotatable bonds is 5. The summed E-state index contributed by atoms with van der Waals surface area (Å²) in [5.41, 5.74) is 1.28. The van der Waals surface area contributed by atoms with E-state index in [1.807, 2.05) is 24.3 Å². The number of methoxy groups -OCH3 is 1. The molecule has 0 saturated carbocycles. The van der Waals surface area contributed by atoms with Crippen molar-refractivity contribution in [3.8, 4) is 11.5 Å². The minimum absolute atomic E-state index is 0.0917. The SMILES string of the molecule is COc1cccc(CN2Cc3cc(NC(=O)c4ccc(C(F)(F)F)cc4)ccc3OCC2=O)c1. The number of anilines is 1. The maximum atomic E-state index is 12.7. The van der Waals surface area contributed by atoms with Crippen molar-refractivity contribution in [2.24, 2.45) is 0 Å². The lowest BCUT2D eigenvalue weighted by atomic mass is 10.1. The predicted molar refractivity (Wildman–Crippen MR) is 119 cm³/mol. The fourth-order valence-corrected chi connectivity index (χ4v) is 3.60. The molecule has 0 aliphatic carbocycles. The smallest absolute Gasteiger partial charge is 0.416 e. The molecule has 1 N–H and O–H groups in total. The van der Waals surface area contributed by atoms with Crippen LogP contribution in [0.25, 0.3) is 0 Å². The van der Waals surface area contributed by atoms with Gasteiger partial charge in [0.2, 0.25) is 0 Å². The van der Waals surface area contributed by atoms with Gasteiger partial charge in [-0.05, 0) is 60.2 Å². The van der Waals surface area contributed by atoms with E-state index < -0.39 is 17.6 Å². The summed E-state index contributed by atoms with van der Waals surface area (Å²) in [6.07, 6.45) is -4.47. The van der Waals surface area contributed by atoms with E-state index in [-0.39, 0.29) is 24.6 Å². The number of carbonyl (C=O) groups excluding carboxylic acids is 2. The summed E-state index contributed by atoms with van der Waals surface area (Å²) in [5.74, 6) is 0.473. The summed E-state index contributed by atoms with van der Waals surface area (Å²) in [6, 6.07) is 16.3. The Morgan fingerprint density at radius 1 is 1.09 bits per heavy atom. The first-order valence-corrected chi connectivity index (χ1v) is 10.4. The van der Waals surface area contributed by atoms with Crippen molar-refractivity contribution in [3.05, 3.63) is 89.0 Å². The van der Waals surface area contributed by atoms with E-state index in [1.54, 1.807) is 30.2 Å². The third kappa shape index (κ3) is 5.31. The minimum atomic E-state index is -4.47. The zero-order chi connectivity index (χ0) is 24.3. The zero-order valence-corrected chi connectivity index (χ0v) is 18.2. The van der Waals surface area contributed by atoms with Gasteiger partial charge in [-0.2, -0.15) is 13.2 Å². The number of nitrogens with zero attached hydrogens (tertiary/aromatic N) is 1. The number of hydrogen-bond acceptors (Lipinski definition) is 4. The highest BCUT2D eigenvalue weighted by atomic mass is 19.4. The Kier molecular flexibility index (Phi) is 6.45. The molecule has 0 atom stereocenters. The van der Waals surface area contributed by atoms with Crippen molar-refractivity contribution >= 4 is 17.5 Å². The molecule has 0 radical (unpaired) electrons. The van der Waals surface area contributed by atoms with Crippen LogP contribution in [0.15, 0.2) is 66.7 Å². The first-order chi connectivity index (χ1) is 16.2. The maximum Gasteiger partial charge on any atom is 0.416 e. The second kappa shape index (κ2) is 9.46. The van der Waals surface area contributed by atoms with Crippen molar-refractivity contribution in [3.63, 3.8) is 0 Å². The molecule has 6 nitrogen and oxygen atoms in total. The van der Waals surface area contributed by atoms with E-state index in [2.05, 4.69) is 5.32 Å². The highest BCUT2D eigenvalue weighted by Gasteiger charge is 2.30. The van der Waals surface area contributed by atoms with Gasteiger partial charge in [0.25, 0.3) is 11.8 Å². The van der Waals surface area contributed by atoms with Crippen LogP contribution in [0.3, 0.4) is 0 Å². The average molecular weight is 470 g/mol. The summed E-state index contributed by atoms with van der Waals surface area (Å²) in [5, 5.41) is 2.68. The molecule has 1 aliphatic heterocycles. The Bertz CT molecular complexity index is 1210. The summed E-state index contributed by atoms with van der Waals surface area (Å²) < 4.78 is 49.1. The van der Waals surface area contributed by atoms with Gasteiger partial charge in [-0.3, -0.25) is 9.59 Å². The molecule has 0 aromatic heterocycles. The standard InChI is InChI=1S/C25H21F3N2O4/c1-33-21-4-2-3-16(11-21)13-30-14-18-12-20(9-10-22(18)34-15-23(30)31)29-24(32)17-5-7-19(8-6-17)25(26,27)28/h2-12H,13-15H2,1H3,(H,29,32). The minimum Gasteiger partial charge on any atom is -0.497 e. The first-order valence-electron chi connectivity index (χ1n) is 10.4. The van der Waals surface area contributed by atoms with Crippen molar-refractivity contribution in [1.29, 1.82) is 0 Å². The van der Waals surface area contributed by atoms with Gasteiger partial charge in [0.1, 0.15) is 11.5 Å². The van der Waals surface area contributed by atoms with Gasteiger partial charge in [0, 0.05) is 29.9 Å². The Labute approximate surface area is 193 Å². The van der Waals surface area contributed by atoms with Crippen LogP contribution in [0.1, 0.15) is 27.0 Å². The Morgan fingerprint density at radius 3 is 2.56 bits per heavy atom. The Morgan fingerprint density at radius 2 is 1.85 bits per heavy atom. The van der Waals surface area contributed by atoms with Crippen molar-refractivity contribution in [2.45, 2.75) is 19.3 Å². The molecule has 0 bridgehead atoms. The molecule has 0 spiro atoms. The number of amides is 2. The fourth-order valence-electron chi connectivity index (χ4n) is 3.60. The van der Waals surface area contributed by atoms with Gasteiger partial charge in [0.15, 0.2) is 6.61 Å². The van der Waals surface area contributed by atoms with Crippen LogP contribution in [0.4, 0.5) is 18.9 Å². The summed E-state index contributed by atoms with van der Waals surface area (Å²) >= 11 is 0. The van der Waals surface area contributed by atoms with Crippen LogP contribution in [0.2, 0.25) is 0 Å². The van der Waals surface area contributed by atoms with E-state index in [4.69, 9.17) is 9.47 Å². The van der Waals surface area contributed by atoms with Crippen LogP contribution < -0.4 is 14.8 Å². The molecule has 0 saturated heterocycles. The number of hydrogen-bond donors (Lipinski definition) is 1. The topological polar surface area (TPSA) is 67.9 Å². The number of nitrogens with one attached hydrogen (secondary N) is 1. The van der Waals surface area contributed by atoms with Crippen molar-refractivity contribution in [2.75, 3.05) is 19.0 Å². The van der Waals surface area contributed by atoms with Gasteiger partial charge < -0.3 is 19.7 Å². The third-order valence-corrected chi connectivity index (χ3v) is 5.37. The van der Waals surface area contributed by atoms with Crippen LogP contribution in [-0.2, 0) is 24.1 Å². The highest BCUT2D eigenvalue weighted by molar-refractivity contribution is 6.04. The van der Waals surface area contributed by atoms with Gasteiger partial charge >= 0.3 is 6.18 Å². The van der Waals surface area contributed by atoms with Crippen LogP contribution >= 0.6 is 0 Å². The number of ether oxygens (including phenoxy) is 2. The molecule has 3 aromatic carbocycles. The van der Waals surface area contributed by atoms with Crippen LogP contribution in [0.5, 0.6) is 11.5 Å². The normalized spacial score (nSPS) is 13.5. The highest BCUT2D eigenvalue weighted by Crippen LogP contribution is 2.30. The second-order valence-corrected chi connectivity index (χ2v) is 7.74. The molecular formula is C25H21F3N2O4. The summed E-state index contributed by atoms with van der Waals surface area (Å²) in [4.78, 5) is 26.8. The molecule has 34 heavy (non-hydrogen) atoms. The summed E-state index contributed by atoms with van der Waals surface area (Å²) in [6.45, 7) is 0.491. The average Bonchev–Trinajstić information content (AvgIpc) is 2.97. The summed E-state index contributed by atoms with van der Waals surface area (Å²) in [7, 11) is 1.57. The molecule has 9 heteroatoms. The van der Waals surface area contributed by atoms with E-state index in [1.165, 1.54) is 0 Å². The molecule has 0 fully saturated rings. The predicted octanol–water partition coefficient (Wildman–Crippen LogP) is 4.89. The monoisotopic (exact) mass is 470 g/mol. The number of alkyl halides is 3. The lowest BCUT2D eigenvalue weighted by Gasteiger charge is -2.20. The Balaban J connectivity index is 1.50. The third-order valence-electron chi connectivity index (χ3n) is 5.37. The molecule has 3 aromatic rings. The molecule has 2 amide bonds. The first kappa shape index (κ1) is 23.2. The van der Waals surface area contributed by atoms with E-state index in [9.17, 15) is 22.8 Å². The molecule has 1 heterocycles. The second-order valence-electron chi connectivity index (χ2n) is 7.74. The van der Waals surface area contributed by atoms with Gasteiger partial charge in [-0.1, -0.05) is 12.1 Å². The lowest BCUT2D eigenvalue weighted by Crippen LogP contribution is -2.31. The van der Waals surface area contributed by atoms with Crippen molar-refractivity contribution < 1.29 is 32.2 Å². The largest absolute Gasteiger partial charge is 0.497 e. The van der Waals surface area contributed by atoms with Crippen LogP contribution in [-0.4, -0.2) is 30.4 Å². The molecule has 1 aliphatic rings. The van der Waals surface area contributed by atoms with E-state index >= 15 is 0 Å². The fraction of sp³-hybridized carbons (Fsp3) is 0.200. The maximum absolute atomic E-state index is 12.7. The number of fused-ring (bicyclic) bond motifs is 1. The van der Waals surface area contributed by atoms with Crippen LogP contribution in [0, 0.1) is 0 Å². The lowest BCUT2D eigenvalue weighted by molar-refractivity contribution is -0.137. The van der Waals surface area contributed by atoms with Gasteiger partial charge in [-0.15, -0.1) is 0 Å². The molecule has 0 unspecified atom stereocenters. The van der Waals surface area contributed by atoms with E-state index in [0.717, 1.165) is 29.8 Å². The molecular weight excluding hydrogens is 449 g/mol. The zero-order valence-electron chi connectivity index (χ0n) is 18.2. The van der Waals surface area contributed by atoms with E-state index in [0.29, 0.717) is 29.3 Å². The number of halogens is 3. The quantitative estimate of drug-likeness (QED) is 0.577. The van der Waals surface area contributed by atoms with Gasteiger partial charge in [0.05, 0.1) is 12.7 Å². The van der Waals surface area contributed by atoms with Gasteiger partial charge in [-0.25, -0.2) is 0 Å². The van der Waals surface area contributed by atoms with Crippen molar-refractivity contribution in [1.82, 2.24) is 4.90 Å².